The van der Waals surface area contributed by atoms with Crippen LogP contribution < -0.4 is 10.3 Å². The molecular weight excluding hydrogens is 218 g/mol. The second-order valence-electron chi connectivity index (χ2n) is 3.92. The summed E-state index contributed by atoms with van der Waals surface area (Å²) in [6.45, 7) is 3.10. The summed E-state index contributed by atoms with van der Waals surface area (Å²) < 4.78 is 6.68. The topological polar surface area (TPSA) is 48.3 Å². The summed E-state index contributed by atoms with van der Waals surface area (Å²) in [5, 5.41) is 1.22. The molecule has 0 aliphatic heterocycles. The molecular formula is C13H13NO3. The Morgan fingerprint density at radius 2 is 1.82 bits per heavy atom. The van der Waals surface area contributed by atoms with E-state index in [0.717, 1.165) is 0 Å². The van der Waals surface area contributed by atoms with Gasteiger partial charge in [0, 0.05) is 19.4 Å². The van der Waals surface area contributed by atoms with Crippen LogP contribution >= 0.6 is 0 Å². The third kappa shape index (κ3) is 1.82. The van der Waals surface area contributed by atoms with Gasteiger partial charge in [0.05, 0.1) is 11.1 Å². The number of hydrogen-bond donors (Lipinski definition) is 0. The van der Waals surface area contributed by atoms with Gasteiger partial charge in [-0.05, 0) is 13.0 Å². The maximum atomic E-state index is 12.0. The third-order valence-electron chi connectivity index (χ3n) is 2.78. The van der Waals surface area contributed by atoms with E-state index in [2.05, 4.69) is 0 Å². The van der Waals surface area contributed by atoms with Gasteiger partial charge in [-0.1, -0.05) is 18.2 Å². The average Bonchev–Trinajstić information content (AvgIpc) is 2.31. The predicted octanol–water partition coefficient (Wildman–Crippen LogP) is 1.77. The molecule has 0 atom stereocenters. The van der Waals surface area contributed by atoms with Crippen LogP contribution in [0.1, 0.15) is 12.6 Å². The van der Waals surface area contributed by atoms with Crippen LogP contribution in [0.2, 0.25) is 0 Å². The zero-order valence-electron chi connectivity index (χ0n) is 9.98. The first-order valence-corrected chi connectivity index (χ1v) is 5.29. The van der Waals surface area contributed by atoms with Gasteiger partial charge >= 0.3 is 5.97 Å². The van der Waals surface area contributed by atoms with Gasteiger partial charge in [-0.2, -0.15) is 0 Å². The van der Waals surface area contributed by atoms with Crippen LogP contribution in [-0.4, -0.2) is 10.5 Å². The molecule has 0 saturated heterocycles. The molecule has 0 fully saturated rings. The summed E-state index contributed by atoms with van der Waals surface area (Å²) >= 11 is 0. The number of carbonyl (C=O) groups excluding carboxylic acids is 1. The molecule has 0 aliphatic rings. The number of hydrogen-bond acceptors (Lipinski definition) is 3. The van der Waals surface area contributed by atoms with Crippen LogP contribution in [0.5, 0.6) is 5.75 Å². The Bertz CT molecular complexity index is 655. The van der Waals surface area contributed by atoms with E-state index in [9.17, 15) is 9.59 Å². The van der Waals surface area contributed by atoms with Gasteiger partial charge in [-0.3, -0.25) is 9.59 Å². The Morgan fingerprint density at radius 3 is 2.41 bits per heavy atom. The number of benzene rings is 1. The standard InChI is InChI=1S/C13H13NO3/c1-8-12(17-9(2)15)10-6-4-5-7-11(10)13(16)14(8)3/h4-7H,1-3H3. The number of carbonyl (C=O) groups is 1. The van der Waals surface area contributed by atoms with E-state index in [1.54, 1.807) is 32.2 Å². The Kier molecular flexibility index (Phi) is 2.71. The van der Waals surface area contributed by atoms with Crippen LogP contribution in [0, 0.1) is 6.92 Å². The molecule has 17 heavy (non-hydrogen) atoms. The second kappa shape index (κ2) is 4.05. The number of nitrogens with zero attached hydrogens (tertiary/aromatic N) is 1. The van der Waals surface area contributed by atoms with Crippen molar-refractivity contribution in [3.63, 3.8) is 0 Å². The number of pyridine rings is 1. The summed E-state index contributed by atoms with van der Waals surface area (Å²) in [5.41, 5.74) is 0.554. The molecule has 2 aromatic rings. The molecule has 1 heterocycles. The molecule has 0 N–H and O–H groups in total. The first-order valence-electron chi connectivity index (χ1n) is 5.29. The first kappa shape index (κ1) is 11.4. The fourth-order valence-corrected chi connectivity index (χ4v) is 1.82. The monoisotopic (exact) mass is 231 g/mol. The molecule has 1 aromatic carbocycles. The summed E-state index contributed by atoms with van der Waals surface area (Å²) in [6.07, 6.45) is 0. The SMILES string of the molecule is CC(=O)Oc1c(C)n(C)c(=O)c2ccccc12. The lowest BCUT2D eigenvalue weighted by Crippen LogP contribution is -2.21. The molecule has 0 aliphatic carbocycles. The number of rotatable bonds is 1. The first-order chi connectivity index (χ1) is 8.02. The average molecular weight is 231 g/mol. The number of ether oxygens (including phenoxy) is 1. The van der Waals surface area contributed by atoms with E-state index in [1.165, 1.54) is 11.5 Å². The maximum Gasteiger partial charge on any atom is 0.308 e. The molecule has 88 valence electrons. The molecule has 0 spiro atoms. The lowest BCUT2D eigenvalue weighted by Gasteiger charge is -2.12. The molecule has 0 unspecified atom stereocenters. The second-order valence-corrected chi connectivity index (χ2v) is 3.92. The minimum atomic E-state index is -0.392. The molecule has 0 radical (unpaired) electrons. The van der Waals surface area contributed by atoms with Crippen molar-refractivity contribution in [3.8, 4) is 5.75 Å². The van der Waals surface area contributed by atoms with Crippen molar-refractivity contribution in [1.29, 1.82) is 0 Å². The van der Waals surface area contributed by atoms with Gasteiger partial charge in [0.2, 0.25) is 0 Å². The van der Waals surface area contributed by atoms with Gasteiger partial charge < -0.3 is 9.30 Å². The molecule has 0 bridgehead atoms. The molecule has 0 saturated carbocycles. The fourth-order valence-electron chi connectivity index (χ4n) is 1.82. The van der Waals surface area contributed by atoms with Gasteiger partial charge in [0.15, 0.2) is 5.75 Å². The lowest BCUT2D eigenvalue weighted by atomic mass is 10.1. The number of fused-ring (bicyclic) bond motifs is 1. The highest BCUT2D eigenvalue weighted by Crippen LogP contribution is 2.26. The number of aromatic nitrogens is 1. The fraction of sp³-hybridized carbons (Fsp3) is 0.231. The highest BCUT2D eigenvalue weighted by molar-refractivity contribution is 5.90. The van der Waals surface area contributed by atoms with E-state index in [0.29, 0.717) is 22.2 Å². The molecule has 4 nitrogen and oxygen atoms in total. The molecule has 2 rings (SSSR count). The van der Waals surface area contributed by atoms with E-state index in [-0.39, 0.29) is 5.56 Å². The highest BCUT2D eigenvalue weighted by atomic mass is 16.5. The third-order valence-corrected chi connectivity index (χ3v) is 2.78. The Morgan fingerprint density at radius 1 is 1.24 bits per heavy atom. The van der Waals surface area contributed by atoms with Crippen molar-refractivity contribution in [2.24, 2.45) is 7.05 Å². The minimum absolute atomic E-state index is 0.0889. The molecule has 1 aromatic heterocycles. The van der Waals surface area contributed by atoms with Gasteiger partial charge in [-0.25, -0.2) is 0 Å². The van der Waals surface area contributed by atoms with Gasteiger partial charge in [0.1, 0.15) is 0 Å². The van der Waals surface area contributed by atoms with Crippen LogP contribution in [0.15, 0.2) is 29.1 Å². The van der Waals surface area contributed by atoms with Crippen LogP contribution in [-0.2, 0) is 11.8 Å². The van der Waals surface area contributed by atoms with Crippen molar-refractivity contribution < 1.29 is 9.53 Å². The quantitative estimate of drug-likeness (QED) is 0.703. The van der Waals surface area contributed by atoms with Crippen LogP contribution in [0.25, 0.3) is 10.8 Å². The minimum Gasteiger partial charge on any atom is -0.424 e. The van der Waals surface area contributed by atoms with Gasteiger partial charge in [0.25, 0.3) is 5.56 Å². The van der Waals surface area contributed by atoms with Crippen LogP contribution in [0.3, 0.4) is 0 Å². The van der Waals surface area contributed by atoms with Crippen molar-refractivity contribution in [2.75, 3.05) is 0 Å². The molecule has 4 heteroatoms. The Hall–Kier alpha value is -2.10. The largest absolute Gasteiger partial charge is 0.424 e. The van der Waals surface area contributed by atoms with Crippen molar-refractivity contribution in [2.45, 2.75) is 13.8 Å². The van der Waals surface area contributed by atoms with E-state index in [1.807, 2.05) is 6.07 Å². The lowest BCUT2D eigenvalue weighted by molar-refractivity contribution is -0.131. The summed E-state index contributed by atoms with van der Waals surface area (Å²) in [7, 11) is 1.66. The zero-order valence-corrected chi connectivity index (χ0v) is 9.98. The predicted molar refractivity (Wildman–Crippen MR) is 65.2 cm³/mol. The normalized spacial score (nSPS) is 10.5. The van der Waals surface area contributed by atoms with E-state index >= 15 is 0 Å². The maximum absolute atomic E-state index is 12.0. The van der Waals surface area contributed by atoms with E-state index in [4.69, 9.17) is 4.74 Å². The van der Waals surface area contributed by atoms with Crippen LogP contribution in [0.4, 0.5) is 0 Å². The van der Waals surface area contributed by atoms with E-state index < -0.39 is 5.97 Å². The van der Waals surface area contributed by atoms with Crippen molar-refractivity contribution in [1.82, 2.24) is 4.57 Å². The van der Waals surface area contributed by atoms with Crippen molar-refractivity contribution in [3.05, 3.63) is 40.3 Å². The highest BCUT2D eigenvalue weighted by Gasteiger charge is 2.13. The Labute approximate surface area is 98.4 Å². The number of esters is 1. The van der Waals surface area contributed by atoms with Crippen molar-refractivity contribution >= 4 is 16.7 Å². The smallest absolute Gasteiger partial charge is 0.308 e. The summed E-state index contributed by atoms with van der Waals surface area (Å²) in [6, 6.07) is 7.11. The Balaban J connectivity index is 2.90. The summed E-state index contributed by atoms with van der Waals surface area (Å²) in [4.78, 5) is 23.1. The summed E-state index contributed by atoms with van der Waals surface area (Å²) in [5.74, 6) is 0.0621. The van der Waals surface area contributed by atoms with Gasteiger partial charge in [-0.15, -0.1) is 0 Å². The zero-order chi connectivity index (χ0) is 12.6. The molecule has 0 amide bonds.